The first kappa shape index (κ1) is 129. The van der Waals surface area contributed by atoms with Crippen LogP contribution in [0.2, 0.25) is 0 Å². The summed E-state index contributed by atoms with van der Waals surface area (Å²) in [6, 6.07) is 39.5. The Morgan fingerprint density at radius 3 is 0.494 bits per heavy atom. The molecule has 7 N–H and O–H groups in total. The average Bonchev–Trinajstić information content (AvgIpc) is 3.52. The molecule has 85 heavy (non-hydrogen) atoms. The number of aliphatic hydroxyl groups is 4. The predicted octanol–water partition coefficient (Wildman–Crippen LogP) is 13.1. The van der Waals surface area contributed by atoms with Crippen molar-refractivity contribution in [3.63, 3.8) is 0 Å². The maximum atomic E-state index is 9.92. The number of hydrogen-bond acceptors (Lipinski definition) is 18. The minimum atomic E-state index is -0.406. The third-order valence-electron chi connectivity index (χ3n) is 10.0. The smallest absolute Gasteiger partial charge is 0.387 e. The van der Waals surface area contributed by atoms with Crippen LogP contribution in [0.1, 0.15) is 137 Å². The molecule has 0 fully saturated rings. The molecule has 4 rings (SSSR count). The second kappa shape index (κ2) is 105. The summed E-state index contributed by atoms with van der Waals surface area (Å²) in [4.78, 5) is 46.7. The molecule has 0 aliphatic heterocycles. The van der Waals surface area contributed by atoms with Gasteiger partial charge in [-0.25, -0.2) is 14.7 Å². The Balaban J connectivity index is -0.0000000416. The van der Waals surface area contributed by atoms with Crippen molar-refractivity contribution >= 4 is 0 Å². The van der Waals surface area contributed by atoms with Crippen molar-refractivity contribution in [3.8, 4) is 0 Å². The van der Waals surface area contributed by atoms with Crippen molar-refractivity contribution in [3.05, 3.63) is 198 Å². The van der Waals surface area contributed by atoms with Crippen LogP contribution in [0, 0.1) is 54.5 Å². The zero-order valence-electron chi connectivity index (χ0n) is 55.8. The van der Waals surface area contributed by atoms with Gasteiger partial charge in [0.05, 0.1) is 44.2 Å². The van der Waals surface area contributed by atoms with Gasteiger partial charge in [0.2, 0.25) is 0 Å². The molecule has 0 aliphatic rings. The molecule has 4 aromatic carbocycles. The Bertz CT molecular complexity index is 1390. The second-order valence-electron chi connectivity index (χ2n) is 15.5. The molecule has 8 atom stereocenters. The first-order valence-corrected chi connectivity index (χ1v) is 25.5. The van der Waals surface area contributed by atoms with Gasteiger partial charge in [-0.3, -0.25) is 15.8 Å². The topological polar surface area (TPSA) is 251 Å². The number of aliphatic hydroxyl groups excluding tert-OH is 4. The summed E-state index contributed by atoms with van der Waals surface area (Å²) in [6.07, 6.45) is -1.63. The van der Waals surface area contributed by atoms with Crippen molar-refractivity contribution in [2.24, 2.45) is 0 Å². The van der Waals surface area contributed by atoms with Gasteiger partial charge in [-0.05, 0) is 127 Å². The SMILES string of the molecule is C.CCOO.CCOO.CCOO.C[C@H]([C@H](O)c1ccccc1)N(C)C.C[C@H]([C@H](O)c1ccccc1)N(C)C.C[C@H]([C@H](O)c1ccccc1)N(C)C.C[C@H]([C@H](O)c1ccccc1)N(C)C.O=O.O=O.[CH2-]C.[CH2-]C.[CH2-]C.[CH2-]C.[CH2-]C.[Zn+2].[Zn+2].[Zn+2].[Zn].[Zn].[Zn]. The zero-order chi connectivity index (χ0) is 63.6. The number of rotatable bonds is 15. The number of likely N-dealkylation sites (N-methyl/N-ethyl adjacent to an activating group) is 4. The van der Waals surface area contributed by atoms with E-state index in [4.69, 9.17) is 35.6 Å². The van der Waals surface area contributed by atoms with Gasteiger partial charge in [-0.2, -0.15) is 34.6 Å². The number of nitrogens with zero attached hydrogens (tertiary/aromatic N) is 4. The Hall–Kier alpha value is -0.740. The van der Waals surface area contributed by atoms with Crippen LogP contribution in [0.3, 0.4) is 0 Å². The largest absolute Gasteiger partial charge is 2.00 e. The van der Waals surface area contributed by atoms with Crippen LogP contribution < -0.4 is 0 Å². The molecular formula is C61H115N4O14Zn6+. The molecule has 0 amide bonds. The summed E-state index contributed by atoms with van der Waals surface area (Å²) in [5.41, 5.74) is 3.90. The molecule has 0 saturated heterocycles. The summed E-state index contributed by atoms with van der Waals surface area (Å²) in [5.74, 6) is 0. The van der Waals surface area contributed by atoms with E-state index in [1.807, 2.05) is 225 Å². The molecule has 0 aliphatic carbocycles. The van der Waals surface area contributed by atoms with E-state index in [9.17, 15) is 20.4 Å². The van der Waals surface area contributed by atoms with Crippen molar-refractivity contribution in [2.75, 3.05) is 76.2 Å². The van der Waals surface area contributed by atoms with Crippen molar-refractivity contribution in [1.29, 1.82) is 0 Å². The average molecular weight is 1520 g/mol. The zero-order valence-corrected chi connectivity index (χ0v) is 73.6. The third-order valence-corrected chi connectivity index (χ3v) is 10.0. The van der Waals surface area contributed by atoms with Crippen LogP contribution in [0.5, 0.6) is 0 Å². The predicted molar refractivity (Wildman–Crippen MR) is 336 cm³/mol. The first-order chi connectivity index (χ1) is 37.2. The van der Waals surface area contributed by atoms with Crippen LogP contribution in [0.15, 0.2) is 121 Å². The first-order valence-electron chi connectivity index (χ1n) is 25.5. The summed E-state index contributed by atoms with van der Waals surface area (Å²) >= 11 is 0. The molecule has 474 valence electrons. The van der Waals surface area contributed by atoms with Crippen LogP contribution >= 0.6 is 0 Å². The van der Waals surface area contributed by atoms with Gasteiger partial charge in [0.25, 0.3) is 0 Å². The fourth-order valence-corrected chi connectivity index (χ4v) is 4.84. The standard InChI is InChI=1S/4C11H17NO.3C2H6O2.5C2H5.CH4.2O2.6Zn/c4*1-9(12(2)3)11(13)10-7-5-4-6-8-10;3*1-2-4-3;5*1-2;;2*1-2;;;;;;/h4*4-9,11,13H,1-3H3;3*3H,2H2,1H3;5*1H2,2H3;1H4;;;;;;;;/q;;;;;;;5*-1;;;;;;;3*+2/t4*9-,11+;;;;;;;;;;;;;;;;;/m1111................./s1. The van der Waals surface area contributed by atoms with E-state index in [0.29, 0.717) is 19.8 Å². The Morgan fingerprint density at radius 1 is 0.329 bits per heavy atom. The molecule has 0 unspecified atom stereocenters. The van der Waals surface area contributed by atoms with Gasteiger partial charge >= 0.3 is 58.4 Å². The van der Waals surface area contributed by atoms with E-state index in [0.717, 1.165) is 22.3 Å². The molecular weight excluding hydrogens is 1410 g/mol. The maximum absolute atomic E-state index is 9.92. The second-order valence-corrected chi connectivity index (χ2v) is 15.5. The fraction of sp³-hybridized carbons (Fsp3) is 0.525. The Labute approximate surface area is 595 Å². The number of hydrogen-bond donors (Lipinski definition) is 7. The van der Waals surface area contributed by atoms with Crippen LogP contribution in [0.25, 0.3) is 0 Å². The third kappa shape index (κ3) is 81.2. The van der Waals surface area contributed by atoms with E-state index in [1.165, 1.54) is 0 Å². The minimum Gasteiger partial charge on any atom is -0.387 e. The van der Waals surface area contributed by atoms with Gasteiger partial charge in [0, 0.05) is 102 Å². The van der Waals surface area contributed by atoms with Crippen LogP contribution in [-0.4, -0.2) is 156 Å². The summed E-state index contributed by atoms with van der Waals surface area (Å²) in [7, 11) is 15.8. The van der Waals surface area contributed by atoms with E-state index < -0.39 is 24.4 Å². The monoisotopic (exact) mass is 1510 g/mol. The summed E-state index contributed by atoms with van der Waals surface area (Å²) in [6.45, 7) is 39.3. The molecule has 0 heterocycles. The van der Waals surface area contributed by atoms with Crippen molar-refractivity contribution in [2.45, 2.75) is 139 Å². The van der Waals surface area contributed by atoms with Gasteiger partial charge in [-0.1, -0.05) is 129 Å². The fourth-order valence-electron chi connectivity index (χ4n) is 4.84. The molecule has 4 aromatic rings. The van der Waals surface area contributed by atoms with Crippen molar-refractivity contribution in [1.82, 2.24) is 19.6 Å². The molecule has 18 nitrogen and oxygen atoms in total. The van der Waals surface area contributed by atoms with Gasteiger partial charge in [0.1, 0.15) is 0 Å². The molecule has 0 aromatic heterocycles. The quantitative estimate of drug-likeness (QED) is 0.0253. The van der Waals surface area contributed by atoms with Gasteiger partial charge in [0.15, 0.2) is 0 Å². The molecule has 0 radical (unpaired) electrons. The van der Waals surface area contributed by atoms with E-state index >= 15 is 0 Å². The summed E-state index contributed by atoms with van der Waals surface area (Å²) < 4.78 is 0. The van der Waals surface area contributed by atoms with Crippen LogP contribution in [0.4, 0.5) is 0 Å². The molecule has 0 saturated carbocycles. The van der Waals surface area contributed by atoms with Gasteiger partial charge in [-0.15, -0.1) is 0 Å². The van der Waals surface area contributed by atoms with Gasteiger partial charge < -0.3 is 74.6 Å². The molecule has 24 heteroatoms. The normalized spacial score (nSPS) is 11.2. The molecule has 0 bridgehead atoms. The van der Waals surface area contributed by atoms with Crippen LogP contribution in [-0.2, 0) is 132 Å². The summed E-state index contributed by atoms with van der Waals surface area (Å²) in [5, 5.41) is 61.8. The Morgan fingerprint density at radius 2 is 0.424 bits per heavy atom. The van der Waals surface area contributed by atoms with E-state index in [2.05, 4.69) is 49.3 Å². The molecule has 0 spiro atoms. The van der Waals surface area contributed by atoms with E-state index in [-0.39, 0.29) is 148 Å². The Kier molecular flexibility index (Phi) is 159. The number of benzene rings is 4. The van der Waals surface area contributed by atoms with Crippen molar-refractivity contribution < 1.29 is 168 Å². The maximum Gasteiger partial charge on any atom is 2.00 e. The van der Waals surface area contributed by atoms with E-state index in [1.54, 1.807) is 55.4 Å². The minimum absolute atomic E-state index is 0.